The molecule has 1 heterocycles. The predicted octanol–water partition coefficient (Wildman–Crippen LogP) is 2.85. The molecule has 0 radical (unpaired) electrons. The third kappa shape index (κ3) is 2.37. The summed E-state index contributed by atoms with van der Waals surface area (Å²) >= 11 is 0. The fourth-order valence-electron chi connectivity index (χ4n) is 2.52. The molecule has 0 atom stereocenters. The highest BCUT2D eigenvalue weighted by Crippen LogP contribution is 2.37. The summed E-state index contributed by atoms with van der Waals surface area (Å²) in [6, 6.07) is 4.28. The SMILES string of the molecule is CCC1(N)CCC(c2ccncc2)CC1. The van der Waals surface area contributed by atoms with Gasteiger partial charge >= 0.3 is 0 Å². The zero-order chi connectivity index (χ0) is 10.7. The van der Waals surface area contributed by atoms with Gasteiger partial charge in [-0.3, -0.25) is 4.98 Å². The van der Waals surface area contributed by atoms with Crippen LogP contribution in [0.2, 0.25) is 0 Å². The first-order valence-electron chi connectivity index (χ1n) is 5.92. The number of nitrogens with two attached hydrogens (primary N) is 1. The Morgan fingerprint density at radius 2 is 1.93 bits per heavy atom. The van der Waals surface area contributed by atoms with E-state index in [-0.39, 0.29) is 5.54 Å². The van der Waals surface area contributed by atoms with Crippen molar-refractivity contribution in [3.8, 4) is 0 Å². The van der Waals surface area contributed by atoms with Crippen molar-refractivity contribution < 1.29 is 0 Å². The van der Waals surface area contributed by atoms with E-state index in [0.717, 1.165) is 19.3 Å². The van der Waals surface area contributed by atoms with Crippen molar-refractivity contribution >= 4 is 0 Å². The summed E-state index contributed by atoms with van der Waals surface area (Å²) in [5.41, 5.74) is 7.83. The van der Waals surface area contributed by atoms with Gasteiger partial charge in [0.25, 0.3) is 0 Å². The molecule has 15 heavy (non-hydrogen) atoms. The molecule has 82 valence electrons. The van der Waals surface area contributed by atoms with Gasteiger partial charge in [-0.2, -0.15) is 0 Å². The molecule has 0 bridgehead atoms. The van der Waals surface area contributed by atoms with Gasteiger partial charge in [-0.05, 0) is 55.7 Å². The van der Waals surface area contributed by atoms with Crippen molar-refractivity contribution in [2.45, 2.75) is 50.5 Å². The second-order valence-corrected chi connectivity index (χ2v) is 4.77. The molecule has 0 saturated heterocycles. The molecule has 2 nitrogen and oxygen atoms in total. The molecule has 1 fully saturated rings. The highest BCUT2D eigenvalue weighted by molar-refractivity contribution is 5.17. The third-order valence-electron chi connectivity index (χ3n) is 3.86. The monoisotopic (exact) mass is 204 g/mol. The van der Waals surface area contributed by atoms with E-state index in [9.17, 15) is 0 Å². The van der Waals surface area contributed by atoms with Gasteiger partial charge in [0.1, 0.15) is 0 Å². The van der Waals surface area contributed by atoms with E-state index in [1.165, 1.54) is 18.4 Å². The van der Waals surface area contributed by atoms with Crippen molar-refractivity contribution in [3.05, 3.63) is 30.1 Å². The maximum atomic E-state index is 6.29. The molecule has 1 aromatic rings. The van der Waals surface area contributed by atoms with Crippen LogP contribution in [-0.2, 0) is 0 Å². The van der Waals surface area contributed by atoms with Crippen LogP contribution in [0, 0.1) is 0 Å². The number of nitrogens with zero attached hydrogens (tertiary/aromatic N) is 1. The first-order chi connectivity index (χ1) is 7.23. The third-order valence-corrected chi connectivity index (χ3v) is 3.86. The topological polar surface area (TPSA) is 38.9 Å². The minimum absolute atomic E-state index is 0.115. The Balaban J connectivity index is 2.00. The van der Waals surface area contributed by atoms with Gasteiger partial charge in [0.05, 0.1) is 0 Å². The quantitative estimate of drug-likeness (QED) is 0.804. The summed E-state index contributed by atoms with van der Waals surface area (Å²) in [5.74, 6) is 0.705. The highest BCUT2D eigenvalue weighted by Gasteiger charge is 2.30. The maximum absolute atomic E-state index is 6.29. The molecule has 2 rings (SSSR count). The summed E-state index contributed by atoms with van der Waals surface area (Å²) in [6.45, 7) is 2.20. The second kappa shape index (κ2) is 4.31. The normalized spacial score (nSPS) is 31.5. The Labute approximate surface area is 91.9 Å². The Kier molecular flexibility index (Phi) is 3.06. The smallest absolute Gasteiger partial charge is 0.0270 e. The van der Waals surface area contributed by atoms with Crippen LogP contribution in [0.3, 0.4) is 0 Å². The van der Waals surface area contributed by atoms with Crippen LogP contribution >= 0.6 is 0 Å². The van der Waals surface area contributed by atoms with E-state index >= 15 is 0 Å². The van der Waals surface area contributed by atoms with Crippen LogP contribution < -0.4 is 5.73 Å². The molecule has 0 aromatic carbocycles. The lowest BCUT2D eigenvalue weighted by atomic mass is 9.74. The largest absolute Gasteiger partial charge is 0.325 e. The lowest BCUT2D eigenvalue weighted by Crippen LogP contribution is -2.42. The van der Waals surface area contributed by atoms with Crippen molar-refractivity contribution in [1.82, 2.24) is 4.98 Å². The van der Waals surface area contributed by atoms with Crippen LogP contribution in [0.1, 0.15) is 50.5 Å². The zero-order valence-electron chi connectivity index (χ0n) is 9.45. The minimum Gasteiger partial charge on any atom is -0.325 e. The molecule has 0 aliphatic heterocycles. The highest BCUT2D eigenvalue weighted by atomic mass is 14.7. The number of aromatic nitrogens is 1. The molecule has 2 N–H and O–H groups in total. The van der Waals surface area contributed by atoms with E-state index in [0.29, 0.717) is 5.92 Å². The van der Waals surface area contributed by atoms with E-state index in [1.54, 1.807) is 0 Å². The van der Waals surface area contributed by atoms with Crippen molar-refractivity contribution in [3.63, 3.8) is 0 Å². The molecule has 1 aromatic heterocycles. The van der Waals surface area contributed by atoms with Crippen LogP contribution in [0.25, 0.3) is 0 Å². The number of pyridine rings is 1. The first kappa shape index (κ1) is 10.6. The van der Waals surface area contributed by atoms with Crippen LogP contribution in [-0.4, -0.2) is 10.5 Å². The first-order valence-corrected chi connectivity index (χ1v) is 5.92. The van der Waals surface area contributed by atoms with Crippen molar-refractivity contribution in [2.24, 2.45) is 5.73 Å². The van der Waals surface area contributed by atoms with E-state index in [2.05, 4.69) is 24.0 Å². The van der Waals surface area contributed by atoms with Crippen molar-refractivity contribution in [2.75, 3.05) is 0 Å². The van der Waals surface area contributed by atoms with E-state index < -0.39 is 0 Å². The fourth-order valence-corrected chi connectivity index (χ4v) is 2.52. The molecule has 0 spiro atoms. The summed E-state index contributed by atoms with van der Waals surface area (Å²) in [6.07, 6.45) is 9.67. The van der Waals surface area contributed by atoms with Gasteiger partial charge < -0.3 is 5.73 Å². The number of hydrogen-bond donors (Lipinski definition) is 1. The van der Waals surface area contributed by atoms with Crippen molar-refractivity contribution in [1.29, 1.82) is 0 Å². The molecule has 2 heteroatoms. The second-order valence-electron chi connectivity index (χ2n) is 4.77. The zero-order valence-corrected chi connectivity index (χ0v) is 9.45. The molecule has 0 unspecified atom stereocenters. The Hall–Kier alpha value is -0.890. The van der Waals surface area contributed by atoms with Gasteiger partial charge in [0, 0.05) is 17.9 Å². The van der Waals surface area contributed by atoms with Gasteiger partial charge in [-0.15, -0.1) is 0 Å². The van der Waals surface area contributed by atoms with Crippen LogP contribution in [0.4, 0.5) is 0 Å². The summed E-state index contributed by atoms with van der Waals surface area (Å²) in [7, 11) is 0. The molecular weight excluding hydrogens is 184 g/mol. The predicted molar refractivity (Wildman–Crippen MR) is 62.7 cm³/mol. The Morgan fingerprint density at radius 3 is 2.47 bits per heavy atom. The van der Waals surface area contributed by atoms with Gasteiger partial charge in [-0.1, -0.05) is 6.92 Å². The fraction of sp³-hybridized carbons (Fsp3) is 0.615. The average Bonchev–Trinajstić information content (AvgIpc) is 2.31. The Morgan fingerprint density at radius 1 is 1.33 bits per heavy atom. The number of rotatable bonds is 2. The van der Waals surface area contributed by atoms with Gasteiger partial charge in [0.15, 0.2) is 0 Å². The lowest BCUT2D eigenvalue weighted by Gasteiger charge is -2.36. The lowest BCUT2D eigenvalue weighted by molar-refractivity contribution is 0.265. The summed E-state index contributed by atoms with van der Waals surface area (Å²) in [4.78, 5) is 4.06. The summed E-state index contributed by atoms with van der Waals surface area (Å²) in [5, 5.41) is 0. The minimum atomic E-state index is 0.115. The molecule has 1 aliphatic carbocycles. The van der Waals surface area contributed by atoms with Crippen LogP contribution in [0.5, 0.6) is 0 Å². The average molecular weight is 204 g/mol. The molecule has 1 saturated carbocycles. The Bertz CT molecular complexity index is 300. The van der Waals surface area contributed by atoms with E-state index in [1.807, 2.05) is 12.4 Å². The van der Waals surface area contributed by atoms with Crippen LogP contribution in [0.15, 0.2) is 24.5 Å². The maximum Gasteiger partial charge on any atom is 0.0270 e. The summed E-state index contributed by atoms with van der Waals surface area (Å²) < 4.78 is 0. The van der Waals surface area contributed by atoms with E-state index in [4.69, 9.17) is 5.73 Å². The molecule has 1 aliphatic rings. The molecular formula is C13H20N2. The number of hydrogen-bond acceptors (Lipinski definition) is 2. The van der Waals surface area contributed by atoms with Gasteiger partial charge in [-0.25, -0.2) is 0 Å². The molecule has 0 amide bonds. The standard InChI is InChI=1S/C13H20N2/c1-2-13(14)7-3-11(4-8-13)12-5-9-15-10-6-12/h5-6,9-11H,2-4,7-8,14H2,1H3. The van der Waals surface area contributed by atoms with Gasteiger partial charge in [0.2, 0.25) is 0 Å².